The SMILES string of the molecule is CCCN(CC(=O)Nc1ccccc1C)S(=O)(=O)c1ccccc1. The molecular weight excluding hydrogens is 324 g/mol. The Hall–Kier alpha value is -2.18. The van der Waals surface area contributed by atoms with Gasteiger partial charge in [-0.25, -0.2) is 8.42 Å². The maximum absolute atomic E-state index is 12.7. The van der Waals surface area contributed by atoms with Crippen LogP contribution < -0.4 is 5.32 Å². The molecule has 128 valence electrons. The van der Waals surface area contributed by atoms with E-state index in [4.69, 9.17) is 0 Å². The highest BCUT2D eigenvalue weighted by atomic mass is 32.2. The number of anilines is 1. The van der Waals surface area contributed by atoms with Crippen molar-refractivity contribution in [2.24, 2.45) is 0 Å². The van der Waals surface area contributed by atoms with Crippen LogP contribution in [0, 0.1) is 6.92 Å². The molecule has 1 N–H and O–H groups in total. The van der Waals surface area contributed by atoms with E-state index in [0.29, 0.717) is 18.7 Å². The highest BCUT2D eigenvalue weighted by Gasteiger charge is 2.25. The van der Waals surface area contributed by atoms with E-state index in [9.17, 15) is 13.2 Å². The van der Waals surface area contributed by atoms with Crippen molar-refractivity contribution >= 4 is 21.6 Å². The summed E-state index contributed by atoms with van der Waals surface area (Å²) in [6.45, 7) is 3.85. The summed E-state index contributed by atoms with van der Waals surface area (Å²) in [4.78, 5) is 12.5. The number of nitrogens with zero attached hydrogens (tertiary/aromatic N) is 1. The summed E-state index contributed by atoms with van der Waals surface area (Å²) < 4.78 is 26.7. The molecule has 0 saturated carbocycles. The molecule has 2 aromatic rings. The Labute approximate surface area is 143 Å². The lowest BCUT2D eigenvalue weighted by atomic mass is 10.2. The number of amides is 1. The molecule has 0 heterocycles. The van der Waals surface area contributed by atoms with E-state index in [-0.39, 0.29) is 17.3 Å². The largest absolute Gasteiger partial charge is 0.325 e. The molecule has 0 aliphatic carbocycles. The molecular formula is C18H22N2O3S. The summed E-state index contributed by atoms with van der Waals surface area (Å²) >= 11 is 0. The number of carbonyl (C=O) groups is 1. The number of para-hydroxylation sites is 1. The van der Waals surface area contributed by atoms with Gasteiger partial charge in [-0.2, -0.15) is 4.31 Å². The van der Waals surface area contributed by atoms with Crippen LogP contribution in [0.25, 0.3) is 0 Å². The lowest BCUT2D eigenvalue weighted by molar-refractivity contribution is -0.116. The predicted molar refractivity (Wildman–Crippen MR) is 95.3 cm³/mol. The van der Waals surface area contributed by atoms with Crippen LogP contribution in [0.4, 0.5) is 5.69 Å². The average Bonchev–Trinajstić information content (AvgIpc) is 2.57. The van der Waals surface area contributed by atoms with Crippen molar-refractivity contribution in [3.8, 4) is 0 Å². The van der Waals surface area contributed by atoms with E-state index >= 15 is 0 Å². The summed E-state index contributed by atoms with van der Waals surface area (Å²) in [5.74, 6) is -0.350. The maximum Gasteiger partial charge on any atom is 0.243 e. The van der Waals surface area contributed by atoms with Crippen LogP contribution in [0.1, 0.15) is 18.9 Å². The summed E-state index contributed by atoms with van der Waals surface area (Å²) in [6, 6.07) is 15.6. The van der Waals surface area contributed by atoms with Crippen molar-refractivity contribution in [2.45, 2.75) is 25.2 Å². The summed E-state index contributed by atoms with van der Waals surface area (Å²) in [5, 5.41) is 2.78. The van der Waals surface area contributed by atoms with Crippen LogP contribution in [0.2, 0.25) is 0 Å². The van der Waals surface area contributed by atoms with E-state index in [2.05, 4.69) is 5.32 Å². The Kier molecular flexibility index (Phi) is 6.11. The highest BCUT2D eigenvalue weighted by molar-refractivity contribution is 7.89. The Morgan fingerprint density at radius 2 is 1.67 bits per heavy atom. The number of nitrogens with one attached hydrogen (secondary N) is 1. The first-order valence-electron chi connectivity index (χ1n) is 7.86. The zero-order chi connectivity index (χ0) is 17.6. The molecule has 0 spiro atoms. The first-order valence-corrected chi connectivity index (χ1v) is 9.30. The number of hydrogen-bond donors (Lipinski definition) is 1. The van der Waals surface area contributed by atoms with Gasteiger partial charge in [-0.3, -0.25) is 4.79 Å². The molecule has 0 saturated heterocycles. The first kappa shape index (κ1) is 18.2. The van der Waals surface area contributed by atoms with Crippen LogP contribution >= 0.6 is 0 Å². The predicted octanol–water partition coefficient (Wildman–Crippen LogP) is 3.03. The number of carbonyl (C=O) groups excluding carboxylic acids is 1. The molecule has 1 amide bonds. The van der Waals surface area contributed by atoms with E-state index < -0.39 is 10.0 Å². The topological polar surface area (TPSA) is 66.5 Å². The van der Waals surface area contributed by atoms with Gasteiger partial charge in [-0.15, -0.1) is 0 Å². The van der Waals surface area contributed by atoms with Gasteiger partial charge < -0.3 is 5.32 Å². The minimum Gasteiger partial charge on any atom is -0.325 e. The Morgan fingerprint density at radius 3 is 2.29 bits per heavy atom. The third kappa shape index (κ3) is 4.43. The fourth-order valence-electron chi connectivity index (χ4n) is 2.34. The second-order valence-electron chi connectivity index (χ2n) is 5.51. The lowest BCUT2D eigenvalue weighted by Gasteiger charge is -2.21. The van der Waals surface area contributed by atoms with E-state index in [0.717, 1.165) is 5.56 Å². The molecule has 6 heteroatoms. The molecule has 0 radical (unpaired) electrons. The van der Waals surface area contributed by atoms with Gasteiger partial charge in [-0.1, -0.05) is 43.3 Å². The quantitative estimate of drug-likeness (QED) is 0.838. The summed E-state index contributed by atoms with van der Waals surface area (Å²) in [7, 11) is -3.69. The third-order valence-electron chi connectivity index (χ3n) is 3.59. The molecule has 2 aromatic carbocycles. The zero-order valence-corrected chi connectivity index (χ0v) is 14.7. The van der Waals surface area contributed by atoms with Crippen LogP contribution in [0.5, 0.6) is 0 Å². The van der Waals surface area contributed by atoms with Crippen LogP contribution in [0.15, 0.2) is 59.5 Å². The van der Waals surface area contributed by atoms with Crippen molar-refractivity contribution in [3.05, 3.63) is 60.2 Å². The number of rotatable bonds is 7. The zero-order valence-electron chi connectivity index (χ0n) is 13.9. The first-order chi connectivity index (χ1) is 11.4. The molecule has 0 unspecified atom stereocenters. The fraction of sp³-hybridized carbons (Fsp3) is 0.278. The van der Waals surface area contributed by atoms with E-state index in [1.54, 1.807) is 24.3 Å². The van der Waals surface area contributed by atoms with Crippen molar-refractivity contribution in [3.63, 3.8) is 0 Å². The monoisotopic (exact) mass is 346 g/mol. The van der Waals surface area contributed by atoms with Crippen LogP contribution in [-0.4, -0.2) is 31.7 Å². The average molecular weight is 346 g/mol. The number of hydrogen-bond acceptors (Lipinski definition) is 3. The molecule has 5 nitrogen and oxygen atoms in total. The van der Waals surface area contributed by atoms with Crippen molar-refractivity contribution in [1.29, 1.82) is 0 Å². The Morgan fingerprint density at radius 1 is 1.04 bits per heavy atom. The molecule has 0 bridgehead atoms. The van der Waals surface area contributed by atoms with Crippen molar-refractivity contribution in [1.82, 2.24) is 4.31 Å². The van der Waals surface area contributed by atoms with Gasteiger partial charge in [0.05, 0.1) is 11.4 Å². The van der Waals surface area contributed by atoms with Gasteiger partial charge in [0.15, 0.2) is 0 Å². The molecule has 2 rings (SSSR count). The minimum absolute atomic E-state index is 0.196. The normalized spacial score (nSPS) is 11.5. The molecule has 0 aliphatic rings. The number of benzene rings is 2. The minimum atomic E-state index is -3.69. The smallest absolute Gasteiger partial charge is 0.243 e. The van der Waals surface area contributed by atoms with Crippen molar-refractivity contribution in [2.75, 3.05) is 18.4 Å². The van der Waals surface area contributed by atoms with Gasteiger partial charge in [-0.05, 0) is 37.1 Å². The van der Waals surface area contributed by atoms with Gasteiger partial charge in [0, 0.05) is 12.2 Å². The second kappa shape index (κ2) is 8.08. The third-order valence-corrected chi connectivity index (χ3v) is 5.45. The maximum atomic E-state index is 12.7. The number of sulfonamides is 1. The molecule has 0 aliphatic heterocycles. The van der Waals surface area contributed by atoms with Gasteiger partial charge in [0.1, 0.15) is 0 Å². The highest BCUT2D eigenvalue weighted by Crippen LogP contribution is 2.17. The van der Waals surface area contributed by atoms with Crippen LogP contribution in [-0.2, 0) is 14.8 Å². The van der Waals surface area contributed by atoms with E-state index in [1.807, 2.05) is 32.0 Å². The van der Waals surface area contributed by atoms with Gasteiger partial charge in [0.25, 0.3) is 0 Å². The fourth-order valence-corrected chi connectivity index (χ4v) is 3.85. The van der Waals surface area contributed by atoms with Gasteiger partial charge in [0.2, 0.25) is 15.9 Å². The molecule has 0 fully saturated rings. The van der Waals surface area contributed by atoms with Gasteiger partial charge >= 0.3 is 0 Å². The second-order valence-corrected chi connectivity index (χ2v) is 7.45. The Balaban J connectivity index is 2.16. The molecule has 0 aromatic heterocycles. The number of aryl methyl sites for hydroxylation is 1. The van der Waals surface area contributed by atoms with Crippen LogP contribution in [0.3, 0.4) is 0 Å². The summed E-state index contributed by atoms with van der Waals surface area (Å²) in [6.07, 6.45) is 0.629. The van der Waals surface area contributed by atoms with Crippen molar-refractivity contribution < 1.29 is 13.2 Å². The van der Waals surface area contributed by atoms with E-state index in [1.165, 1.54) is 16.4 Å². The lowest BCUT2D eigenvalue weighted by Crippen LogP contribution is -2.38. The Bertz CT molecular complexity index is 789. The molecule has 0 atom stereocenters. The summed E-state index contributed by atoms with van der Waals surface area (Å²) in [5.41, 5.74) is 1.62. The molecule has 24 heavy (non-hydrogen) atoms. The standard InChI is InChI=1S/C18H22N2O3S/c1-3-13-20(24(22,23)16-10-5-4-6-11-16)14-18(21)19-17-12-8-7-9-15(17)2/h4-12H,3,13-14H2,1-2H3,(H,19,21).